The van der Waals surface area contributed by atoms with Crippen molar-refractivity contribution in [1.29, 1.82) is 0 Å². The second kappa shape index (κ2) is 3.99. The maximum atomic E-state index is 12.1. The molecule has 0 aliphatic rings. The van der Waals surface area contributed by atoms with Crippen LogP contribution in [0.1, 0.15) is 0 Å². The summed E-state index contributed by atoms with van der Waals surface area (Å²) >= 11 is 6.19. The van der Waals surface area contributed by atoms with Gasteiger partial charge in [0.1, 0.15) is 10.5 Å². The van der Waals surface area contributed by atoms with E-state index in [1.807, 2.05) is 41.9 Å². The normalized spacial score (nSPS) is 11.0. The van der Waals surface area contributed by atoms with Crippen molar-refractivity contribution in [3.63, 3.8) is 0 Å². The predicted molar refractivity (Wildman–Crippen MR) is 71.8 cm³/mol. The van der Waals surface area contributed by atoms with Crippen LogP contribution in [-0.2, 0) is 7.05 Å². The molecule has 0 aliphatic carbocycles. The van der Waals surface area contributed by atoms with Crippen LogP contribution in [0.2, 0.25) is 5.02 Å². The first-order valence-electron chi connectivity index (χ1n) is 5.47. The number of nitrogens with one attached hydrogen (secondary N) is 1. The van der Waals surface area contributed by atoms with Gasteiger partial charge in [-0.25, -0.2) is 0 Å². The highest BCUT2D eigenvalue weighted by Gasteiger charge is 2.15. The average Bonchev–Trinajstić information content (AvgIpc) is 2.87. The fraction of sp³-hybridized carbons (Fsp3) is 0.0769. The minimum Gasteiger partial charge on any atom is -0.340 e. The van der Waals surface area contributed by atoms with E-state index in [1.54, 1.807) is 6.20 Å². The maximum absolute atomic E-state index is 12.1. The second-order valence-corrected chi connectivity index (χ2v) is 4.42. The van der Waals surface area contributed by atoms with E-state index < -0.39 is 0 Å². The molecule has 0 saturated carbocycles. The Hall–Kier alpha value is -2.07. The molecule has 4 nitrogen and oxygen atoms in total. The lowest BCUT2D eigenvalue weighted by atomic mass is 10.1. The lowest BCUT2D eigenvalue weighted by Gasteiger charge is -2.11. The molecule has 0 bridgehead atoms. The summed E-state index contributed by atoms with van der Waals surface area (Å²) in [4.78, 5) is 12.1. The predicted octanol–water partition coefficient (Wildman–Crippen LogP) is 2.58. The summed E-state index contributed by atoms with van der Waals surface area (Å²) in [6.45, 7) is 0. The molecule has 1 aromatic carbocycles. The zero-order chi connectivity index (χ0) is 12.7. The Morgan fingerprint density at radius 1 is 1.28 bits per heavy atom. The van der Waals surface area contributed by atoms with E-state index in [4.69, 9.17) is 11.6 Å². The van der Waals surface area contributed by atoms with E-state index in [1.165, 1.54) is 0 Å². The van der Waals surface area contributed by atoms with Gasteiger partial charge in [0.2, 0.25) is 5.43 Å². The number of H-pyrrole nitrogens is 1. The largest absolute Gasteiger partial charge is 0.340 e. The molecule has 3 rings (SSSR count). The molecule has 3 aromatic rings. The lowest BCUT2D eigenvalue weighted by molar-refractivity contribution is 0.961. The molecule has 0 saturated heterocycles. The summed E-state index contributed by atoms with van der Waals surface area (Å²) in [6.07, 6.45) is 1.62. The van der Waals surface area contributed by atoms with E-state index in [0.717, 1.165) is 11.1 Å². The van der Waals surface area contributed by atoms with Crippen LogP contribution >= 0.6 is 11.6 Å². The number of aromatic nitrogens is 3. The maximum Gasteiger partial charge on any atom is 0.226 e. The van der Waals surface area contributed by atoms with Crippen molar-refractivity contribution < 1.29 is 0 Å². The molecule has 0 aliphatic heterocycles. The SMILES string of the molecule is Cn1c(-c2ccccc2)c(Cl)c(=O)c2[nH]ncc21. The van der Waals surface area contributed by atoms with Crippen LogP contribution in [-0.4, -0.2) is 14.8 Å². The fourth-order valence-corrected chi connectivity index (χ4v) is 2.43. The Balaban J connectivity index is 2.47. The molecular formula is C13H10ClN3O. The van der Waals surface area contributed by atoms with Crippen LogP contribution in [0.4, 0.5) is 0 Å². The molecule has 5 heteroatoms. The van der Waals surface area contributed by atoms with E-state index in [0.29, 0.717) is 11.2 Å². The summed E-state index contributed by atoms with van der Waals surface area (Å²) in [7, 11) is 1.87. The van der Waals surface area contributed by atoms with Gasteiger partial charge in [-0.05, 0) is 5.56 Å². The van der Waals surface area contributed by atoms with Crippen molar-refractivity contribution in [1.82, 2.24) is 14.8 Å². The molecule has 18 heavy (non-hydrogen) atoms. The van der Waals surface area contributed by atoms with E-state index in [-0.39, 0.29) is 10.5 Å². The highest BCUT2D eigenvalue weighted by molar-refractivity contribution is 6.33. The highest BCUT2D eigenvalue weighted by atomic mass is 35.5. The summed E-state index contributed by atoms with van der Waals surface area (Å²) in [5.41, 5.74) is 2.56. The molecule has 0 amide bonds. The first kappa shape index (κ1) is 11.0. The molecule has 0 fully saturated rings. The molecule has 0 atom stereocenters. The van der Waals surface area contributed by atoms with Crippen molar-refractivity contribution in [2.75, 3.05) is 0 Å². The Morgan fingerprint density at radius 2 is 2.00 bits per heavy atom. The topological polar surface area (TPSA) is 50.7 Å². The zero-order valence-electron chi connectivity index (χ0n) is 9.64. The van der Waals surface area contributed by atoms with Gasteiger partial charge in [-0.15, -0.1) is 0 Å². The van der Waals surface area contributed by atoms with Gasteiger partial charge in [-0.2, -0.15) is 5.10 Å². The van der Waals surface area contributed by atoms with E-state index >= 15 is 0 Å². The molecule has 2 aromatic heterocycles. The fourth-order valence-electron chi connectivity index (χ4n) is 2.10. The molecule has 0 spiro atoms. The average molecular weight is 260 g/mol. The van der Waals surface area contributed by atoms with Crippen LogP contribution in [0.3, 0.4) is 0 Å². The van der Waals surface area contributed by atoms with Gasteiger partial charge >= 0.3 is 0 Å². The zero-order valence-corrected chi connectivity index (χ0v) is 10.4. The standard InChI is InChI=1S/C13H10ClN3O/c1-17-9-7-15-16-11(9)13(18)10(14)12(17)8-5-3-2-4-6-8/h2-7H,1H3,(H,15,16). The third-order valence-electron chi connectivity index (χ3n) is 3.00. The quantitative estimate of drug-likeness (QED) is 0.730. The van der Waals surface area contributed by atoms with Crippen molar-refractivity contribution in [2.24, 2.45) is 7.05 Å². The summed E-state index contributed by atoms with van der Waals surface area (Å²) in [6, 6.07) is 9.59. The van der Waals surface area contributed by atoms with E-state index in [9.17, 15) is 4.79 Å². The Labute approximate surface area is 108 Å². The van der Waals surface area contributed by atoms with Gasteiger partial charge in [-0.1, -0.05) is 41.9 Å². The number of halogens is 1. The summed E-state index contributed by atoms with van der Waals surface area (Å²) < 4.78 is 1.87. The number of hydrogen-bond acceptors (Lipinski definition) is 2. The van der Waals surface area contributed by atoms with Crippen molar-refractivity contribution >= 4 is 22.6 Å². The first-order valence-corrected chi connectivity index (χ1v) is 5.85. The number of aromatic amines is 1. The molecule has 0 unspecified atom stereocenters. The minimum atomic E-state index is -0.221. The number of rotatable bonds is 1. The van der Waals surface area contributed by atoms with Gasteiger partial charge in [0.15, 0.2) is 0 Å². The third-order valence-corrected chi connectivity index (χ3v) is 3.35. The number of pyridine rings is 1. The van der Waals surface area contributed by atoms with E-state index in [2.05, 4.69) is 10.2 Å². The number of nitrogens with zero attached hydrogens (tertiary/aromatic N) is 2. The second-order valence-electron chi connectivity index (χ2n) is 4.05. The van der Waals surface area contributed by atoms with Gasteiger partial charge in [0.05, 0.1) is 17.4 Å². The highest BCUT2D eigenvalue weighted by Crippen LogP contribution is 2.27. The van der Waals surface area contributed by atoms with Gasteiger partial charge in [-0.3, -0.25) is 9.89 Å². The van der Waals surface area contributed by atoms with Crippen LogP contribution in [0, 0.1) is 0 Å². The summed E-state index contributed by atoms with van der Waals surface area (Å²) in [5, 5.41) is 6.78. The minimum absolute atomic E-state index is 0.209. The van der Waals surface area contributed by atoms with Gasteiger partial charge in [0, 0.05) is 7.05 Å². The van der Waals surface area contributed by atoms with Crippen LogP contribution < -0.4 is 5.43 Å². The number of benzene rings is 1. The third kappa shape index (κ3) is 1.46. The molecule has 2 heterocycles. The van der Waals surface area contributed by atoms with Crippen molar-refractivity contribution in [3.05, 3.63) is 51.8 Å². The number of aryl methyl sites for hydroxylation is 1. The van der Waals surface area contributed by atoms with Crippen LogP contribution in [0.15, 0.2) is 41.3 Å². The Bertz CT molecular complexity index is 774. The number of fused-ring (bicyclic) bond motifs is 1. The van der Waals surface area contributed by atoms with Crippen LogP contribution in [0.5, 0.6) is 0 Å². The first-order chi connectivity index (χ1) is 8.70. The molecule has 90 valence electrons. The smallest absolute Gasteiger partial charge is 0.226 e. The van der Waals surface area contributed by atoms with Gasteiger partial charge in [0.25, 0.3) is 0 Å². The monoisotopic (exact) mass is 259 g/mol. The Morgan fingerprint density at radius 3 is 2.72 bits per heavy atom. The summed E-state index contributed by atoms with van der Waals surface area (Å²) in [5.74, 6) is 0. The van der Waals surface area contributed by atoms with Crippen molar-refractivity contribution in [2.45, 2.75) is 0 Å². The lowest BCUT2D eigenvalue weighted by Crippen LogP contribution is -2.11. The molecule has 0 radical (unpaired) electrons. The number of hydrogen-bond donors (Lipinski definition) is 1. The van der Waals surface area contributed by atoms with Gasteiger partial charge < -0.3 is 4.57 Å². The molecule has 1 N–H and O–H groups in total. The van der Waals surface area contributed by atoms with Crippen molar-refractivity contribution in [3.8, 4) is 11.3 Å². The molecular weight excluding hydrogens is 250 g/mol. The Kier molecular flexibility index (Phi) is 2.45. The van der Waals surface area contributed by atoms with Crippen LogP contribution in [0.25, 0.3) is 22.3 Å².